The summed E-state index contributed by atoms with van der Waals surface area (Å²) in [6.07, 6.45) is 7.60. The van der Waals surface area contributed by atoms with E-state index in [1.807, 2.05) is 17.7 Å². The van der Waals surface area contributed by atoms with Gasteiger partial charge in [-0.3, -0.25) is 9.59 Å². The third kappa shape index (κ3) is 5.68. The van der Waals surface area contributed by atoms with Gasteiger partial charge in [-0.1, -0.05) is 0 Å². The molecule has 1 unspecified atom stereocenters. The first-order chi connectivity index (χ1) is 17.9. The molecule has 2 aromatic heterocycles. The lowest BCUT2D eigenvalue weighted by molar-refractivity contribution is -0.117. The first-order valence-electron chi connectivity index (χ1n) is 13.4. The van der Waals surface area contributed by atoms with Crippen molar-refractivity contribution < 1.29 is 14.3 Å². The second-order valence-electron chi connectivity index (χ2n) is 10.8. The van der Waals surface area contributed by atoms with Crippen LogP contribution in [0.15, 0.2) is 6.07 Å². The molecule has 3 fully saturated rings. The number of anilines is 2. The number of nitrogens with zero attached hydrogens (tertiary/aromatic N) is 2. The molecule has 37 heavy (non-hydrogen) atoms. The molecule has 0 bridgehead atoms. The summed E-state index contributed by atoms with van der Waals surface area (Å²) in [5.41, 5.74) is 2.62. The van der Waals surface area contributed by atoms with Gasteiger partial charge in [0.15, 0.2) is 5.11 Å². The fourth-order valence-corrected chi connectivity index (χ4v) is 6.70. The maximum atomic E-state index is 13.3. The van der Waals surface area contributed by atoms with E-state index in [0.717, 1.165) is 55.8 Å². The molecule has 2 saturated carbocycles. The molecule has 1 saturated heterocycles. The number of ether oxygens (including phenoxy) is 1. The molecule has 4 N–H and O–H groups in total. The summed E-state index contributed by atoms with van der Waals surface area (Å²) in [5, 5.41) is 18.9. The van der Waals surface area contributed by atoms with Crippen LogP contribution in [-0.4, -0.2) is 52.5 Å². The Hall–Kier alpha value is -2.50. The summed E-state index contributed by atoms with van der Waals surface area (Å²) in [4.78, 5) is 27.0. The Labute approximate surface area is 226 Å². The smallest absolute Gasteiger partial charge is 0.254 e. The van der Waals surface area contributed by atoms with Gasteiger partial charge in [0, 0.05) is 36.1 Å². The molecule has 2 amide bonds. The van der Waals surface area contributed by atoms with Gasteiger partial charge in [-0.2, -0.15) is 5.10 Å². The van der Waals surface area contributed by atoms with E-state index in [9.17, 15) is 9.59 Å². The number of hydrogen-bond acceptors (Lipinski definition) is 6. The molecule has 9 nitrogen and oxygen atoms in total. The van der Waals surface area contributed by atoms with Crippen LogP contribution in [0.3, 0.4) is 0 Å². The second-order valence-corrected chi connectivity index (χ2v) is 12.3. The maximum absolute atomic E-state index is 13.3. The Morgan fingerprint density at radius 3 is 2.76 bits per heavy atom. The lowest BCUT2D eigenvalue weighted by atomic mass is 9.91. The molecule has 3 heterocycles. The van der Waals surface area contributed by atoms with E-state index in [-0.39, 0.29) is 29.8 Å². The number of fused-ring (bicyclic) bond motifs is 1. The third-order valence-electron chi connectivity index (χ3n) is 7.61. The molecule has 198 valence electrons. The molecular weight excluding hydrogens is 508 g/mol. The zero-order valence-corrected chi connectivity index (χ0v) is 22.7. The highest BCUT2D eigenvalue weighted by atomic mass is 32.1. The minimum absolute atomic E-state index is 0.0365. The van der Waals surface area contributed by atoms with Gasteiger partial charge in [0.2, 0.25) is 5.91 Å². The van der Waals surface area contributed by atoms with Crippen LogP contribution >= 0.6 is 23.6 Å². The van der Waals surface area contributed by atoms with Gasteiger partial charge >= 0.3 is 0 Å². The molecule has 0 aromatic carbocycles. The van der Waals surface area contributed by atoms with E-state index in [1.54, 1.807) is 11.3 Å². The van der Waals surface area contributed by atoms with Gasteiger partial charge < -0.3 is 26.0 Å². The van der Waals surface area contributed by atoms with E-state index in [4.69, 9.17) is 17.0 Å². The third-order valence-corrected chi connectivity index (χ3v) is 9.03. The van der Waals surface area contributed by atoms with Crippen LogP contribution in [0.5, 0.6) is 0 Å². The predicted molar refractivity (Wildman–Crippen MR) is 147 cm³/mol. The topological polar surface area (TPSA) is 109 Å². The van der Waals surface area contributed by atoms with Gasteiger partial charge in [0.1, 0.15) is 10.8 Å². The largest absolute Gasteiger partial charge is 0.379 e. The van der Waals surface area contributed by atoms with Gasteiger partial charge in [-0.05, 0) is 82.0 Å². The summed E-state index contributed by atoms with van der Waals surface area (Å²) in [6, 6.07) is 2.31. The lowest BCUT2D eigenvalue weighted by Gasteiger charge is -2.26. The molecule has 6 rings (SSSR count). The van der Waals surface area contributed by atoms with Crippen molar-refractivity contribution in [3.8, 4) is 0 Å². The Bertz CT molecular complexity index is 1210. The zero-order valence-electron chi connectivity index (χ0n) is 21.1. The van der Waals surface area contributed by atoms with Crippen LogP contribution in [0.25, 0.3) is 0 Å². The molecule has 3 aliphatic carbocycles. The normalized spacial score (nSPS) is 22.8. The molecule has 1 aliphatic heterocycles. The fraction of sp³-hybridized carbons (Fsp3) is 0.615. The van der Waals surface area contributed by atoms with Crippen molar-refractivity contribution in [2.75, 3.05) is 30.4 Å². The fourth-order valence-electron chi connectivity index (χ4n) is 5.18. The maximum Gasteiger partial charge on any atom is 0.254 e. The number of carbonyl (C=O) groups is 2. The highest BCUT2D eigenvalue weighted by molar-refractivity contribution is 7.80. The predicted octanol–water partition coefficient (Wildman–Crippen LogP) is 3.55. The SMILES string of the molecule is Cc1cc(NC(=S)N[C@H]2CCc3sc(NC(=O)C4CC4)c(C(=O)NCC4CC4)c3C2)n(C2CCOC2)n1. The van der Waals surface area contributed by atoms with Crippen molar-refractivity contribution in [3.05, 3.63) is 27.8 Å². The van der Waals surface area contributed by atoms with Gasteiger partial charge in [0.05, 0.1) is 23.9 Å². The van der Waals surface area contributed by atoms with Crippen LogP contribution in [0.1, 0.15) is 71.1 Å². The number of aryl methyl sites for hydroxylation is 2. The zero-order chi connectivity index (χ0) is 25.5. The summed E-state index contributed by atoms with van der Waals surface area (Å²) in [6.45, 7) is 4.08. The number of rotatable bonds is 8. The Morgan fingerprint density at radius 2 is 2.03 bits per heavy atom. The van der Waals surface area contributed by atoms with E-state index >= 15 is 0 Å². The first kappa shape index (κ1) is 24.8. The van der Waals surface area contributed by atoms with Crippen molar-refractivity contribution >= 4 is 51.3 Å². The number of nitrogens with one attached hydrogen (secondary N) is 4. The highest BCUT2D eigenvalue weighted by Crippen LogP contribution is 2.40. The molecule has 2 aromatic rings. The average Bonchev–Trinajstić information content (AvgIpc) is 3.76. The summed E-state index contributed by atoms with van der Waals surface area (Å²) in [7, 11) is 0. The van der Waals surface area contributed by atoms with Crippen LogP contribution in [0.2, 0.25) is 0 Å². The van der Waals surface area contributed by atoms with Crippen molar-refractivity contribution in [3.63, 3.8) is 0 Å². The molecule has 0 spiro atoms. The minimum Gasteiger partial charge on any atom is -0.379 e. The Kier molecular flexibility index (Phi) is 6.93. The molecule has 11 heteroatoms. The van der Waals surface area contributed by atoms with E-state index < -0.39 is 0 Å². The van der Waals surface area contributed by atoms with Crippen molar-refractivity contribution in [1.29, 1.82) is 0 Å². The van der Waals surface area contributed by atoms with Gasteiger partial charge in [0.25, 0.3) is 5.91 Å². The van der Waals surface area contributed by atoms with Crippen molar-refractivity contribution in [2.24, 2.45) is 11.8 Å². The number of thiocarbonyl (C=S) groups is 1. The molecule has 4 aliphatic rings. The van der Waals surface area contributed by atoms with E-state index in [2.05, 4.69) is 26.4 Å². The number of thiophene rings is 1. The van der Waals surface area contributed by atoms with Crippen molar-refractivity contribution in [1.82, 2.24) is 20.4 Å². The second kappa shape index (κ2) is 10.3. The molecular formula is C26H34N6O3S2. The minimum atomic E-state index is -0.0741. The van der Waals surface area contributed by atoms with Gasteiger partial charge in [-0.15, -0.1) is 11.3 Å². The summed E-state index contributed by atoms with van der Waals surface area (Å²) in [5.74, 6) is 1.51. The van der Waals surface area contributed by atoms with Crippen LogP contribution in [0.4, 0.5) is 10.8 Å². The monoisotopic (exact) mass is 542 g/mol. The van der Waals surface area contributed by atoms with Crippen LogP contribution < -0.4 is 21.3 Å². The summed E-state index contributed by atoms with van der Waals surface area (Å²) >= 11 is 7.25. The molecule has 2 atom stereocenters. The van der Waals surface area contributed by atoms with E-state index in [1.165, 1.54) is 17.7 Å². The first-order valence-corrected chi connectivity index (χ1v) is 14.6. The number of amides is 2. The highest BCUT2D eigenvalue weighted by Gasteiger charge is 2.34. The Morgan fingerprint density at radius 1 is 1.19 bits per heavy atom. The lowest BCUT2D eigenvalue weighted by Crippen LogP contribution is -2.41. The number of carbonyl (C=O) groups excluding carboxylic acids is 2. The van der Waals surface area contributed by atoms with Gasteiger partial charge in [-0.25, -0.2) is 4.68 Å². The van der Waals surface area contributed by atoms with E-state index in [0.29, 0.717) is 41.2 Å². The number of hydrogen-bond donors (Lipinski definition) is 4. The average molecular weight is 543 g/mol. The standard InChI is InChI=1S/C26H34N6O3S2/c1-14-10-21(32(31-14)18-8-9-35-13-18)29-26(36)28-17-6-7-20-19(11-17)22(24(34)27-12-15-2-3-15)25(37-20)30-23(33)16-4-5-16/h10,15-18H,2-9,11-13H2,1H3,(H,27,34)(H,30,33)(H2,28,29,36)/t17-,18?/m0/s1. The van der Waals surface area contributed by atoms with Crippen LogP contribution in [-0.2, 0) is 22.4 Å². The van der Waals surface area contributed by atoms with Crippen molar-refractivity contribution in [2.45, 2.75) is 70.4 Å². The summed E-state index contributed by atoms with van der Waals surface area (Å²) < 4.78 is 7.52. The quantitative estimate of drug-likeness (QED) is 0.378. The van der Waals surface area contributed by atoms with Crippen LogP contribution in [0, 0.1) is 18.8 Å². The Balaban J connectivity index is 1.15. The molecule has 0 radical (unpaired) electrons. The number of aromatic nitrogens is 2.